The molecule has 3 unspecified atom stereocenters. The van der Waals surface area contributed by atoms with Crippen molar-refractivity contribution >= 4 is 62.7 Å². The maximum Gasteiger partial charge on any atom is 0.297 e. The highest BCUT2D eigenvalue weighted by atomic mass is 16.3. The lowest BCUT2D eigenvalue weighted by molar-refractivity contribution is 0.413. The third-order valence-corrected chi connectivity index (χ3v) is 15.8. The van der Waals surface area contributed by atoms with E-state index in [-0.39, 0.29) is 17.5 Å². The first-order chi connectivity index (χ1) is 27.5. The molecular weight excluding hydrogens is 691 g/mol. The highest BCUT2D eigenvalue weighted by Crippen LogP contribution is 2.53. The van der Waals surface area contributed by atoms with Crippen LogP contribution < -0.4 is 26.4 Å². The molecule has 6 aliphatic rings. The minimum atomic E-state index is 0.0273. The van der Waals surface area contributed by atoms with E-state index in [0.29, 0.717) is 17.9 Å². The zero-order chi connectivity index (χ0) is 38.8. The van der Waals surface area contributed by atoms with Gasteiger partial charge in [0.05, 0.1) is 11.3 Å². The van der Waals surface area contributed by atoms with Gasteiger partial charge in [0.15, 0.2) is 0 Å². The number of hydrogen-bond donors (Lipinski definition) is 0. The summed E-state index contributed by atoms with van der Waals surface area (Å²) in [6.07, 6.45) is 19.0. The highest BCUT2D eigenvalue weighted by molar-refractivity contribution is 6.99. The molecule has 1 aromatic heterocycles. The number of rotatable bonds is 4. The molecular formula is C53H63BN2O. The molecule has 2 aliphatic heterocycles. The van der Waals surface area contributed by atoms with Gasteiger partial charge < -0.3 is 14.2 Å². The summed E-state index contributed by atoms with van der Waals surface area (Å²) in [5.41, 5.74) is 17.9. The molecule has 3 atom stereocenters. The van der Waals surface area contributed by atoms with Crippen LogP contribution in [0.5, 0.6) is 0 Å². The van der Waals surface area contributed by atoms with Crippen molar-refractivity contribution in [2.75, 3.05) is 9.80 Å². The van der Waals surface area contributed by atoms with Crippen molar-refractivity contribution in [2.45, 2.75) is 160 Å². The minimum Gasteiger partial charge on any atom is -0.468 e. The Morgan fingerprint density at radius 1 is 0.596 bits per heavy atom. The monoisotopic (exact) mass is 755 g/mol. The van der Waals surface area contributed by atoms with Gasteiger partial charge in [-0.15, -0.1) is 0 Å². The zero-order valence-corrected chi connectivity index (χ0v) is 35.6. The molecule has 5 aromatic rings. The molecule has 11 rings (SSSR count). The first-order valence-electron chi connectivity index (χ1n) is 23.1. The van der Waals surface area contributed by atoms with Crippen LogP contribution in [0.4, 0.5) is 28.4 Å². The van der Waals surface area contributed by atoms with E-state index in [2.05, 4.69) is 124 Å². The fourth-order valence-corrected chi connectivity index (χ4v) is 12.6. The lowest BCUT2D eigenvalue weighted by atomic mass is 9.35. The van der Waals surface area contributed by atoms with Crippen LogP contribution in [-0.4, -0.2) is 12.8 Å². The first kappa shape index (κ1) is 36.2. The molecule has 4 fully saturated rings. The van der Waals surface area contributed by atoms with Gasteiger partial charge in [0.25, 0.3) is 6.71 Å². The Kier molecular flexibility index (Phi) is 8.44. The van der Waals surface area contributed by atoms with Crippen molar-refractivity contribution in [3.63, 3.8) is 0 Å². The Labute approximate surface area is 342 Å². The van der Waals surface area contributed by atoms with Crippen LogP contribution >= 0.6 is 0 Å². The number of furan rings is 1. The van der Waals surface area contributed by atoms with Crippen molar-refractivity contribution in [3.8, 4) is 0 Å². The second kappa shape index (κ2) is 13.3. The molecule has 4 aromatic carbocycles. The van der Waals surface area contributed by atoms with Crippen molar-refractivity contribution in [3.05, 3.63) is 95.1 Å². The maximum atomic E-state index is 7.34. The summed E-state index contributed by atoms with van der Waals surface area (Å²) in [4.78, 5) is 5.61. The smallest absolute Gasteiger partial charge is 0.297 e. The molecule has 0 saturated heterocycles. The standard InChI is InChI=1S/C53H63BN2O/c1-52(2,3)39-20-23-41(24-21-39)55-46-30-38(35-15-11-8-12-16-35)31-47-49(46)54(51-50(55)42-32-40(53(4,5)6)22-26-48(42)57-51)43-25-19-36(34-13-9-7-10-14-34)29-45(43)56(47)44-28-33-17-18-37(44)27-33/h19-26,29-35,37,44H,7-18,27-28H2,1-6H3. The first-order valence-corrected chi connectivity index (χ1v) is 23.1. The quantitative estimate of drug-likeness (QED) is 0.167. The molecule has 0 radical (unpaired) electrons. The van der Waals surface area contributed by atoms with E-state index in [1.807, 2.05) is 0 Å². The molecule has 57 heavy (non-hydrogen) atoms. The second-order valence-electron chi connectivity index (χ2n) is 21.4. The van der Waals surface area contributed by atoms with Crippen LogP contribution in [0.2, 0.25) is 0 Å². The van der Waals surface area contributed by atoms with Gasteiger partial charge in [0.2, 0.25) is 0 Å². The fraction of sp³-hybridized carbons (Fsp3) is 0.509. The molecule has 4 heteroatoms. The molecule has 294 valence electrons. The number of fused-ring (bicyclic) bond motifs is 8. The SMILES string of the molecule is CC(C)(C)c1ccc(N2c3cc(C4CCCCC4)cc4c3B(c3ccc(C5CCCCC5)cc3N4C3CC4CCC3C4)c3oc4ccc(C(C)(C)C)cc4c32)cc1. The molecule has 0 N–H and O–H groups in total. The number of benzene rings is 4. The van der Waals surface area contributed by atoms with Crippen molar-refractivity contribution in [1.82, 2.24) is 0 Å². The predicted molar refractivity (Wildman–Crippen MR) is 242 cm³/mol. The van der Waals surface area contributed by atoms with Gasteiger partial charge in [-0.25, -0.2) is 0 Å². The Bertz CT molecular complexity index is 2340. The summed E-state index contributed by atoms with van der Waals surface area (Å²) >= 11 is 0. The molecule has 4 aliphatic carbocycles. The summed E-state index contributed by atoms with van der Waals surface area (Å²) in [6.45, 7) is 14.1. The minimum absolute atomic E-state index is 0.0273. The molecule has 3 nitrogen and oxygen atoms in total. The second-order valence-corrected chi connectivity index (χ2v) is 21.4. The van der Waals surface area contributed by atoms with E-state index >= 15 is 0 Å². The van der Waals surface area contributed by atoms with Crippen LogP contribution in [0.3, 0.4) is 0 Å². The number of anilines is 5. The molecule has 0 amide bonds. The van der Waals surface area contributed by atoms with Crippen LogP contribution in [-0.2, 0) is 10.8 Å². The maximum absolute atomic E-state index is 7.34. The zero-order valence-electron chi connectivity index (χ0n) is 35.6. The Balaban J connectivity index is 1.21. The van der Waals surface area contributed by atoms with E-state index in [4.69, 9.17) is 4.42 Å². The molecule has 0 spiro atoms. The average molecular weight is 755 g/mol. The van der Waals surface area contributed by atoms with Crippen LogP contribution in [0, 0.1) is 11.8 Å². The van der Waals surface area contributed by atoms with E-state index in [1.165, 1.54) is 146 Å². The van der Waals surface area contributed by atoms with Crippen LogP contribution in [0.25, 0.3) is 11.0 Å². The summed E-state index contributed by atoms with van der Waals surface area (Å²) in [6, 6.07) is 30.3. The van der Waals surface area contributed by atoms with Gasteiger partial charge in [-0.1, -0.05) is 117 Å². The van der Waals surface area contributed by atoms with Crippen LogP contribution in [0.15, 0.2) is 77.2 Å². The highest BCUT2D eigenvalue weighted by Gasteiger charge is 2.51. The summed E-state index contributed by atoms with van der Waals surface area (Å²) in [7, 11) is 0. The van der Waals surface area contributed by atoms with E-state index in [1.54, 1.807) is 11.1 Å². The predicted octanol–water partition coefficient (Wildman–Crippen LogP) is 13.1. The van der Waals surface area contributed by atoms with Crippen molar-refractivity contribution in [1.29, 1.82) is 0 Å². The van der Waals surface area contributed by atoms with Gasteiger partial charge in [-0.2, -0.15) is 0 Å². The van der Waals surface area contributed by atoms with Gasteiger partial charge in [-0.3, -0.25) is 0 Å². The van der Waals surface area contributed by atoms with Gasteiger partial charge in [-0.05, 0) is 155 Å². The number of hydrogen-bond acceptors (Lipinski definition) is 3. The van der Waals surface area contributed by atoms with Gasteiger partial charge in [0, 0.05) is 34.2 Å². The van der Waals surface area contributed by atoms with Crippen molar-refractivity contribution < 1.29 is 4.42 Å². The average Bonchev–Trinajstić information content (AvgIpc) is 3.96. The third kappa shape index (κ3) is 5.88. The lowest BCUT2D eigenvalue weighted by Crippen LogP contribution is -2.62. The van der Waals surface area contributed by atoms with E-state index < -0.39 is 0 Å². The van der Waals surface area contributed by atoms with Crippen molar-refractivity contribution in [2.24, 2.45) is 11.8 Å². The number of nitrogens with zero attached hydrogens (tertiary/aromatic N) is 2. The summed E-state index contributed by atoms with van der Waals surface area (Å²) in [5.74, 6) is 2.92. The van der Waals surface area contributed by atoms with E-state index in [9.17, 15) is 0 Å². The topological polar surface area (TPSA) is 19.6 Å². The Morgan fingerprint density at radius 3 is 1.89 bits per heavy atom. The Hall–Kier alpha value is -3.92. The third-order valence-electron chi connectivity index (χ3n) is 15.8. The summed E-state index contributed by atoms with van der Waals surface area (Å²) < 4.78 is 7.34. The largest absolute Gasteiger partial charge is 0.468 e. The normalized spacial score (nSPS) is 23.6. The molecule has 3 heterocycles. The lowest BCUT2D eigenvalue weighted by Gasteiger charge is -2.47. The van der Waals surface area contributed by atoms with Crippen LogP contribution in [0.1, 0.15) is 166 Å². The van der Waals surface area contributed by atoms with E-state index in [0.717, 1.165) is 23.1 Å². The summed E-state index contributed by atoms with van der Waals surface area (Å²) in [5, 5.41) is 1.24. The fourth-order valence-electron chi connectivity index (χ4n) is 12.6. The molecule has 2 bridgehead atoms. The Morgan fingerprint density at radius 2 is 1.25 bits per heavy atom. The van der Waals surface area contributed by atoms with Gasteiger partial charge in [0.1, 0.15) is 5.58 Å². The van der Waals surface area contributed by atoms with Gasteiger partial charge >= 0.3 is 0 Å². The molecule has 4 saturated carbocycles.